The van der Waals surface area contributed by atoms with Crippen LogP contribution in [0.15, 0.2) is 4.99 Å². The highest BCUT2D eigenvalue weighted by atomic mass is 127. The van der Waals surface area contributed by atoms with Crippen molar-refractivity contribution in [1.29, 1.82) is 0 Å². The molecule has 1 unspecified atom stereocenters. The molecule has 3 rings (SSSR count). The summed E-state index contributed by atoms with van der Waals surface area (Å²) >= 11 is 1.86. The normalized spacial score (nSPS) is 16.3. The number of hydrogen-bond acceptors (Lipinski definition) is 6. The van der Waals surface area contributed by atoms with Crippen molar-refractivity contribution in [2.45, 2.75) is 58.7 Å². The van der Waals surface area contributed by atoms with Gasteiger partial charge in [0.2, 0.25) is 0 Å². The summed E-state index contributed by atoms with van der Waals surface area (Å²) in [7, 11) is 1.97. The predicted octanol–water partition coefficient (Wildman–Crippen LogP) is 1.70. The first-order valence-corrected chi connectivity index (χ1v) is 11.3. The van der Waals surface area contributed by atoms with Gasteiger partial charge in [0.15, 0.2) is 17.6 Å². The predicted molar refractivity (Wildman–Crippen MR) is 128 cm³/mol. The van der Waals surface area contributed by atoms with Crippen molar-refractivity contribution in [2.75, 3.05) is 18.6 Å². The Labute approximate surface area is 194 Å². The van der Waals surface area contributed by atoms with Gasteiger partial charge in [-0.25, -0.2) is 14.7 Å². The minimum atomic E-state index is 0. The van der Waals surface area contributed by atoms with Crippen LogP contribution in [0.2, 0.25) is 0 Å². The maximum absolute atomic E-state index is 4.76. The first kappa shape index (κ1) is 23.9. The van der Waals surface area contributed by atoms with Gasteiger partial charge in [0, 0.05) is 32.5 Å². The van der Waals surface area contributed by atoms with Gasteiger partial charge in [0.05, 0.1) is 6.54 Å². The van der Waals surface area contributed by atoms with Crippen LogP contribution in [0.4, 0.5) is 0 Å². The van der Waals surface area contributed by atoms with Crippen LogP contribution in [0.3, 0.4) is 0 Å². The van der Waals surface area contributed by atoms with Gasteiger partial charge in [0.25, 0.3) is 0 Å². The van der Waals surface area contributed by atoms with Crippen molar-refractivity contribution in [1.82, 2.24) is 40.2 Å². The first-order valence-electron chi connectivity index (χ1n) is 9.92. The Morgan fingerprint density at radius 2 is 2.17 bits per heavy atom. The number of aryl methyl sites for hydroxylation is 3. The number of aliphatic imine (C=N–C) groups is 1. The largest absolute Gasteiger partial charge is 0.356 e. The second kappa shape index (κ2) is 11.7. The Kier molecular flexibility index (Phi) is 9.66. The summed E-state index contributed by atoms with van der Waals surface area (Å²) < 4.78 is 4.01. The molecule has 11 heteroatoms. The number of thioether (sulfide) groups is 1. The number of halogens is 1. The fraction of sp³-hybridized carbons (Fsp3) is 0.722. The molecule has 29 heavy (non-hydrogen) atoms. The molecule has 1 aliphatic heterocycles. The average molecular weight is 533 g/mol. The molecule has 3 heterocycles. The molecule has 0 saturated carbocycles. The minimum Gasteiger partial charge on any atom is -0.356 e. The van der Waals surface area contributed by atoms with Crippen molar-refractivity contribution < 1.29 is 0 Å². The van der Waals surface area contributed by atoms with E-state index < -0.39 is 0 Å². The maximum Gasteiger partial charge on any atom is 0.191 e. The number of fused-ring (bicyclic) bond motifs is 1. The van der Waals surface area contributed by atoms with Crippen molar-refractivity contribution >= 4 is 41.7 Å². The van der Waals surface area contributed by atoms with Gasteiger partial charge < -0.3 is 15.2 Å². The van der Waals surface area contributed by atoms with Crippen molar-refractivity contribution in [2.24, 2.45) is 12.0 Å². The van der Waals surface area contributed by atoms with Crippen molar-refractivity contribution in [3.63, 3.8) is 0 Å². The molecule has 0 fully saturated rings. The third-order valence-electron chi connectivity index (χ3n) is 4.94. The molecule has 2 aromatic rings. The summed E-state index contributed by atoms with van der Waals surface area (Å²) in [6.45, 7) is 6.25. The standard InChI is InChI=1S/C18H31N9S.HI/c1-5-15-22-16-8-7-14(12-27(16)25-15)21-18(19-9-6-10-28-4)20-11-17-24-23-13(2)26(17)3;/h14H,5-12H2,1-4H3,(H2,19,20,21);1H. The molecule has 0 saturated heterocycles. The Morgan fingerprint density at radius 1 is 1.34 bits per heavy atom. The van der Waals surface area contributed by atoms with Crippen LogP contribution in [0.1, 0.15) is 43.1 Å². The lowest BCUT2D eigenvalue weighted by Crippen LogP contribution is -2.47. The zero-order chi connectivity index (χ0) is 19.9. The third-order valence-corrected chi connectivity index (χ3v) is 5.63. The molecule has 0 amide bonds. The van der Waals surface area contributed by atoms with Crippen LogP contribution in [-0.4, -0.2) is 60.1 Å². The van der Waals surface area contributed by atoms with Crippen LogP contribution in [0, 0.1) is 6.92 Å². The molecule has 9 nitrogen and oxygen atoms in total. The summed E-state index contributed by atoms with van der Waals surface area (Å²) in [6, 6.07) is 0.284. The van der Waals surface area contributed by atoms with Crippen LogP contribution < -0.4 is 10.6 Å². The zero-order valence-corrected chi connectivity index (χ0v) is 20.8. The topological polar surface area (TPSA) is 97.8 Å². The molecule has 162 valence electrons. The molecule has 0 bridgehead atoms. The van der Waals surface area contributed by atoms with E-state index in [1.54, 1.807) is 0 Å². The van der Waals surface area contributed by atoms with Gasteiger partial charge >= 0.3 is 0 Å². The van der Waals surface area contributed by atoms with E-state index in [-0.39, 0.29) is 30.0 Å². The van der Waals surface area contributed by atoms with E-state index in [0.717, 1.165) is 73.8 Å². The van der Waals surface area contributed by atoms with Gasteiger partial charge in [-0.15, -0.1) is 34.2 Å². The smallest absolute Gasteiger partial charge is 0.191 e. The van der Waals surface area contributed by atoms with Crippen LogP contribution in [0.25, 0.3) is 0 Å². The lowest BCUT2D eigenvalue weighted by atomic mass is 10.1. The molecule has 2 aromatic heterocycles. The molecular weight excluding hydrogens is 501 g/mol. The molecule has 0 radical (unpaired) electrons. The van der Waals surface area contributed by atoms with E-state index in [1.165, 1.54) is 0 Å². The third kappa shape index (κ3) is 6.56. The molecule has 0 aliphatic carbocycles. The van der Waals surface area contributed by atoms with Gasteiger partial charge in [-0.3, -0.25) is 0 Å². The number of guanidine groups is 1. The molecule has 2 N–H and O–H groups in total. The Hall–Kier alpha value is -1.37. The van der Waals surface area contributed by atoms with E-state index in [4.69, 9.17) is 4.99 Å². The van der Waals surface area contributed by atoms with Crippen molar-refractivity contribution in [3.05, 3.63) is 23.3 Å². The molecule has 0 spiro atoms. The Bertz CT molecular complexity index is 801. The Balaban J connectivity index is 0.00000300. The number of rotatable bonds is 8. The lowest BCUT2D eigenvalue weighted by molar-refractivity contribution is 0.392. The number of nitrogens with zero attached hydrogens (tertiary/aromatic N) is 7. The summed E-state index contributed by atoms with van der Waals surface area (Å²) in [5.41, 5.74) is 0. The Morgan fingerprint density at radius 3 is 2.86 bits per heavy atom. The summed E-state index contributed by atoms with van der Waals surface area (Å²) in [4.78, 5) is 9.36. The van der Waals surface area contributed by atoms with Gasteiger partial charge in [0.1, 0.15) is 18.2 Å². The van der Waals surface area contributed by atoms with Crippen LogP contribution in [-0.2, 0) is 33.0 Å². The van der Waals surface area contributed by atoms with Gasteiger partial charge in [-0.1, -0.05) is 6.92 Å². The highest BCUT2D eigenvalue weighted by Crippen LogP contribution is 2.13. The van der Waals surface area contributed by atoms with E-state index in [1.807, 2.05) is 35.0 Å². The van der Waals surface area contributed by atoms with E-state index in [0.29, 0.717) is 6.54 Å². The van der Waals surface area contributed by atoms with Crippen molar-refractivity contribution in [3.8, 4) is 0 Å². The second-order valence-electron chi connectivity index (χ2n) is 7.02. The molecular formula is C18H32IN9S. The SMILES string of the molecule is CCc1nc2n(n1)CC(NC(=NCc1nnc(C)n1C)NCCCSC)CC2.I. The fourth-order valence-corrected chi connectivity index (χ4v) is 3.57. The molecule has 1 aliphatic rings. The second-order valence-corrected chi connectivity index (χ2v) is 8.01. The minimum absolute atomic E-state index is 0. The zero-order valence-electron chi connectivity index (χ0n) is 17.7. The summed E-state index contributed by atoms with van der Waals surface area (Å²) in [6.07, 6.45) is 6.07. The van der Waals surface area contributed by atoms with Crippen LogP contribution >= 0.6 is 35.7 Å². The highest BCUT2D eigenvalue weighted by molar-refractivity contribution is 14.0. The fourth-order valence-electron chi connectivity index (χ4n) is 3.14. The number of hydrogen-bond donors (Lipinski definition) is 2. The monoisotopic (exact) mass is 533 g/mol. The summed E-state index contributed by atoms with van der Waals surface area (Å²) in [5.74, 6) is 5.73. The maximum atomic E-state index is 4.76. The number of aromatic nitrogens is 6. The van der Waals surface area contributed by atoms with E-state index >= 15 is 0 Å². The van der Waals surface area contributed by atoms with Crippen LogP contribution in [0.5, 0.6) is 0 Å². The average Bonchev–Trinajstić information content (AvgIpc) is 3.26. The highest BCUT2D eigenvalue weighted by Gasteiger charge is 2.22. The van der Waals surface area contributed by atoms with Gasteiger partial charge in [-0.05, 0) is 31.8 Å². The molecule has 0 aromatic carbocycles. The van der Waals surface area contributed by atoms with E-state index in [9.17, 15) is 0 Å². The first-order chi connectivity index (χ1) is 13.6. The van der Waals surface area contributed by atoms with Gasteiger partial charge in [-0.2, -0.15) is 16.9 Å². The number of nitrogens with one attached hydrogen (secondary N) is 2. The summed E-state index contributed by atoms with van der Waals surface area (Å²) in [5, 5.41) is 20.0. The molecule has 1 atom stereocenters. The quantitative estimate of drug-likeness (QED) is 0.231. The van der Waals surface area contributed by atoms with E-state index in [2.05, 4.69) is 44.1 Å². The lowest BCUT2D eigenvalue weighted by Gasteiger charge is -2.25.